The lowest BCUT2D eigenvalue weighted by Gasteiger charge is -2.41. The van der Waals surface area contributed by atoms with Crippen LogP contribution in [0.15, 0.2) is 4.99 Å². The number of nitrogens with zero attached hydrogens (tertiary/aromatic N) is 8. The molecule has 0 unspecified atom stereocenters. The number of hydrogen-bond acceptors (Lipinski definition) is 14. The summed E-state index contributed by atoms with van der Waals surface area (Å²) >= 11 is 0. The monoisotopic (exact) mass is 1240 g/mol. The Morgan fingerprint density at radius 2 is 0.989 bits per heavy atom. The van der Waals surface area contributed by atoms with Gasteiger partial charge in [-0.15, -0.1) is 0 Å². The van der Waals surface area contributed by atoms with Gasteiger partial charge in [0.25, 0.3) is 0 Å². The lowest BCUT2D eigenvalue weighted by molar-refractivity contribution is -0.157. The van der Waals surface area contributed by atoms with Crippen LogP contribution in [0.3, 0.4) is 0 Å². The van der Waals surface area contributed by atoms with Crippen LogP contribution in [0.5, 0.6) is 0 Å². The number of aliphatic hydroxyl groups excluding tert-OH is 1. The van der Waals surface area contributed by atoms with E-state index in [1.165, 1.54) is 89.7 Å². The van der Waals surface area contributed by atoms with Crippen LogP contribution in [0, 0.1) is 35.5 Å². The summed E-state index contributed by atoms with van der Waals surface area (Å²) in [7, 11) is 9.84. The molecule has 3 aliphatic rings. The number of aliphatic hydroxyl groups is 1. The van der Waals surface area contributed by atoms with Crippen LogP contribution in [-0.4, -0.2) is 245 Å². The molecule has 0 spiro atoms. The predicted molar refractivity (Wildman–Crippen MR) is 336 cm³/mol. The molecule has 6 N–H and O–H groups in total. The molecular weight excluding hydrogens is 1130 g/mol. The zero-order valence-corrected chi connectivity index (χ0v) is 57.1. The van der Waals surface area contributed by atoms with Gasteiger partial charge in [0.2, 0.25) is 65.0 Å². The van der Waals surface area contributed by atoms with Gasteiger partial charge >= 0.3 is 0 Å². The summed E-state index contributed by atoms with van der Waals surface area (Å²) in [6, 6.07) is -12.2. The first-order valence-corrected chi connectivity index (χ1v) is 31.9. The van der Waals surface area contributed by atoms with Gasteiger partial charge in [0.05, 0.1) is 24.5 Å². The third kappa shape index (κ3) is 19.6. The number of hydrogen-bond donors (Lipinski definition) is 6. The van der Waals surface area contributed by atoms with Crippen LogP contribution in [-0.2, 0) is 52.7 Å². The fraction of sp³-hybridized carbons (Fsp3) is 0.810. The first kappa shape index (κ1) is 75.8. The summed E-state index contributed by atoms with van der Waals surface area (Å²) in [6.07, 6.45) is 3.08. The lowest BCUT2D eigenvalue weighted by atomic mass is 9.91. The molecule has 1 saturated heterocycles. The third-order valence-electron chi connectivity index (χ3n) is 17.7. The fourth-order valence-electron chi connectivity index (χ4n) is 12.0. The van der Waals surface area contributed by atoms with E-state index in [1.54, 1.807) is 41.5 Å². The van der Waals surface area contributed by atoms with Crippen LogP contribution in [0.25, 0.3) is 0 Å². The van der Waals surface area contributed by atoms with Gasteiger partial charge in [-0.25, -0.2) is 0 Å². The van der Waals surface area contributed by atoms with Crippen molar-refractivity contribution in [2.75, 3.05) is 55.9 Å². The summed E-state index contributed by atoms with van der Waals surface area (Å²) in [5, 5.41) is 26.9. The van der Waals surface area contributed by atoms with E-state index in [9.17, 15) is 43.5 Å². The van der Waals surface area contributed by atoms with Crippen molar-refractivity contribution in [1.29, 1.82) is 0 Å². The molecule has 2 aliphatic heterocycles. The number of fused-ring (bicyclic) bond motifs is 1. The maximum Gasteiger partial charge on any atom is 0.246 e. The van der Waals surface area contributed by atoms with Crippen molar-refractivity contribution >= 4 is 70.8 Å². The molecule has 14 atom stereocenters. The summed E-state index contributed by atoms with van der Waals surface area (Å²) in [5.74, 6) is -9.12. The highest BCUT2D eigenvalue weighted by molar-refractivity contribution is 5.99. The van der Waals surface area contributed by atoms with Crippen molar-refractivity contribution in [2.45, 2.75) is 240 Å². The fourth-order valence-corrected chi connectivity index (χ4v) is 12.0. The molecule has 2 fully saturated rings. The molecule has 0 radical (unpaired) electrons. The molecule has 1 aliphatic carbocycles. The van der Waals surface area contributed by atoms with E-state index < -0.39 is 156 Å². The van der Waals surface area contributed by atoms with E-state index in [2.05, 4.69) is 26.6 Å². The standard InChI is InChI=1S/C63H111N13O12/c1-23-42-60(85)70(16)32-49(77)72(18)45(28-33(2)3)56(81)69-50(36(8)9)62(87)73(19)46(29-34(4)5)55(80)64-39(13)54(79)65-40(14)58(83)71(17)41(15)59(84)74(20)47(30-35(6)7)61(86)75(21)51(37(10)11)63(88)76(22)52(57(82)68-42)53(78)38(12)31-48-66-43-26-24-25-27-44(43)67-48/h33-47,50-53,78H,23-32H2,1-22H3,(H,64,80)(H,65,79)(H,66,67)(H,68,82)(H,69,81)/t38-,39+,40-,41+,42+,43+,44+,45+,46+,47+,50+,51+,52+,53-/m1/s1. The van der Waals surface area contributed by atoms with Crippen molar-refractivity contribution in [2.24, 2.45) is 40.5 Å². The Hall–Kier alpha value is -6.40. The minimum absolute atomic E-state index is 0.0145. The van der Waals surface area contributed by atoms with Gasteiger partial charge < -0.3 is 66.0 Å². The number of aliphatic imine (C=N–C) groups is 1. The Balaban J connectivity index is 2.24. The van der Waals surface area contributed by atoms with Crippen LogP contribution >= 0.6 is 0 Å². The van der Waals surface area contributed by atoms with E-state index in [0.717, 1.165) is 40.4 Å². The normalized spacial score (nSPS) is 29.4. The second kappa shape index (κ2) is 33.4. The topological polar surface area (TPSA) is 303 Å². The molecule has 88 heavy (non-hydrogen) atoms. The molecule has 500 valence electrons. The van der Waals surface area contributed by atoms with E-state index in [1.807, 2.05) is 41.5 Å². The molecule has 0 aromatic heterocycles. The number of carbonyl (C=O) groups excluding carboxylic acids is 11. The smallest absolute Gasteiger partial charge is 0.246 e. The van der Waals surface area contributed by atoms with Crippen molar-refractivity contribution in [3.05, 3.63) is 0 Å². The van der Waals surface area contributed by atoms with Gasteiger partial charge in [-0.2, -0.15) is 0 Å². The van der Waals surface area contributed by atoms with Gasteiger partial charge in [-0.3, -0.25) is 57.7 Å². The van der Waals surface area contributed by atoms with E-state index in [4.69, 9.17) is 4.99 Å². The van der Waals surface area contributed by atoms with E-state index in [-0.39, 0.29) is 61.9 Å². The number of amidine groups is 1. The Bertz CT molecular complexity index is 2510. The first-order chi connectivity index (χ1) is 40.8. The molecule has 3 rings (SSSR count). The Morgan fingerprint density at radius 1 is 0.489 bits per heavy atom. The Morgan fingerprint density at radius 3 is 1.51 bits per heavy atom. The molecule has 0 aromatic carbocycles. The maximum absolute atomic E-state index is 15.3. The average molecular weight is 1240 g/mol. The van der Waals surface area contributed by atoms with Gasteiger partial charge in [0.1, 0.15) is 60.4 Å². The zero-order valence-electron chi connectivity index (χ0n) is 57.1. The molecule has 0 bridgehead atoms. The summed E-state index contributed by atoms with van der Waals surface area (Å²) in [6.45, 7) is 25.2. The van der Waals surface area contributed by atoms with Crippen molar-refractivity contribution in [3.63, 3.8) is 0 Å². The summed E-state index contributed by atoms with van der Waals surface area (Å²) < 4.78 is 0. The molecule has 1 saturated carbocycles. The molecule has 25 nitrogen and oxygen atoms in total. The van der Waals surface area contributed by atoms with Crippen molar-refractivity contribution < 1.29 is 57.8 Å². The Kier molecular flexibility index (Phi) is 28.8. The number of likely N-dealkylation sites (N-methyl/N-ethyl adjacent to an activating group) is 7. The average Bonchev–Trinajstić information content (AvgIpc) is 3.87. The number of amides is 11. The highest BCUT2D eigenvalue weighted by Gasteiger charge is 2.46. The van der Waals surface area contributed by atoms with E-state index >= 15 is 14.4 Å². The van der Waals surface area contributed by atoms with Gasteiger partial charge in [0.15, 0.2) is 0 Å². The molecule has 2 heterocycles. The second-order valence-electron chi connectivity index (χ2n) is 27.2. The highest BCUT2D eigenvalue weighted by Crippen LogP contribution is 2.29. The first-order valence-electron chi connectivity index (χ1n) is 31.9. The SMILES string of the molecule is CC[C@@H]1NC(=O)[C@H]([C@H](O)[C@H](C)CC2=N[C@H]3CCCC[C@@H]3N2)N(C)C(=O)[C@H](C(C)C)N(C)C(=O)[C@H](CC(C)C)N(C)C(=O)[C@H](C)N(C)C(=O)[C@@H](C)NC(=O)[C@H](C)NC(=O)[C@H](CC(C)C)N(C)C(=O)[C@H](C(C)C)NC(=O)[C@H](CC(C)C)N(C)C(=O)CN(C)C1=O. The van der Waals surface area contributed by atoms with Crippen LogP contribution in [0.2, 0.25) is 0 Å². The quantitative estimate of drug-likeness (QED) is 0.154. The highest BCUT2D eigenvalue weighted by atomic mass is 16.3. The largest absolute Gasteiger partial charge is 0.390 e. The zero-order chi connectivity index (χ0) is 67.3. The third-order valence-corrected chi connectivity index (χ3v) is 17.7. The van der Waals surface area contributed by atoms with Crippen LogP contribution in [0.4, 0.5) is 0 Å². The number of nitrogens with one attached hydrogen (secondary N) is 5. The molecule has 25 heteroatoms. The van der Waals surface area contributed by atoms with Crippen LogP contribution < -0.4 is 26.6 Å². The van der Waals surface area contributed by atoms with Crippen LogP contribution in [0.1, 0.15) is 162 Å². The number of rotatable bonds is 13. The lowest BCUT2D eigenvalue weighted by Crippen LogP contribution is -2.63. The Labute approximate surface area is 524 Å². The van der Waals surface area contributed by atoms with Crippen molar-refractivity contribution in [1.82, 2.24) is 60.9 Å². The summed E-state index contributed by atoms with van der Waals surface area (Å²) in [5.41, 5.74) is 0. The molecule has 11 amide bonds. The van der Waals surface area contributed by atoms with Gasteiger partial charge in [0, 0.05) is 61.8 Å². The molecular formula is C63H111N13O12. The summed E-state index contributed by atoms with van der Waals surface area (Å²) in [4.78, 5) is 173. The van der Waals surface area contributed by atoms with Crippen molar-refractivity contribution in [3.8, 4) is 0 Å². The predicted octanol–water partition coefficient (Wildman–Crippen LogP) is 1.98. The van der Waals surface area contributed by atoms with Gasteiger partial charge in [-0.05, 0) is 94.8 Å². The minimum Gasteiger partial charge on any atom is -0.390 e. The van der Waals surface area contributed by atoms with Gasteiger partial charge in [-0.1, -0.05) is 95.9 Å². The minimum atomic E-state index is -1.65. The van der Waals surface area contributed by atoms with E-state index in [0.29, 0.717) is 5.84 Å². The molecule has 0 aromatic rings. The number of carbonyl (C=O) groups is 11. The second-order valence-corrected chi connectivity index (χ2v) is 27.2. The maximum atomic E-state index is 15.3.